The molecule has 3 atom stereocenters. The number of unbranched alkanes of at least 4 members (excludes halogenated alkanes) is 2. The smallest absolute Gasteiger partial charge is 0.228 e. The molecule has 0 fully saturated rings. The highest BCUT2D eigenvalue weighted by Gasteiger charge is 2.46. The summed E-state index contributed by atoms with van der Waals surface area (Å²) in [6.45, 7) is 8.14. The third kappa shape index (κ3) is 7.68. The topological polar surface area (TPSA) is 51.2 Å². The minimum absolute atomic E-state index is 0.0273. The lowest BCUT2D eigenvalue weighted by Crippen LogP contribution is -2.41. The molecule has 0 aliphatic carbocycles. The molecule has 0 saturated heterocycles. The zero-order valence-electron chi connectivity index (χ0n) is 16.9. The quantitative estimate of drug-likeness (QED) is 0.268. The fourth-order valence-electron chi connectivity index (χ4n) is 3.91. The molecule has 5 heteroatoms. The summed E-state index contributed by atoms with van der Waals surface area (Å²) in [5.41, 5.74) is -0.815. The van der Waals surface area contributed by atoms with Crippen LogP contribution in [0.5, 0.6) is 0 Å². The van der Waals surface area contributed by atoms with Gasteiger partial charge in [0.25, 0.3) is 0 Å². The highest BCUT2D eigenvalue weighted by Crippen LogP contribution is 2.44. The lowest BCUT2D eigenvalue weighted by Gasteiger charge is -2.37. The van der Waals surface area contributed by atoms with E-state index in [2.05, 4.69) is 6.92 Å². The molecule has 3 nitrogen and oxygen atoms in total. The second kappa shape index (κ2) is 13.7. The summed E-state index contributed by atoms with van der Waals surface area (Å²) >= 11 is 11.8. The molecule has 0 aliphatic rings. The van der Waals surface area contributed by atoms with Crippen LogP contribution in [0.25, 0.3) is 0 Å². The molecular weight excluding hydrogens is 371 g/mol. The second-order valence-electron chi connectivity index (χ2n) is 7.44. The van der Waals surface area contributed by atoms with Crippen molar-refractivity contribution in [3.05, 3.63) is 0 Å². The van der Waals surface area contributed by atoms with Crippen LogP contribution in [0.1, 0.15) is 98.3 Å². The summed E-state index contributed by atoms with van der Waals surface area (Å²) in [5.74, 6) is -0.913. The third-order valence-corrected chi connectivity index (χ3v) is 6.06. The van der Waals surface area contributed by atoms with Gasteiger partial charge >= 0.3 is 0 Å². The molecule has 152 valence electrons. The van der Waals surface area contributed by atoms with Gasteiger partial charge in [-0.05, 0) is 48.9 Å². The van der Waals surface area contributed by atoms with Crippen LogP contribution in [0.4, 0.5) is 0 Å². The van der Waals surface area contributed by atoms with Crippen molar-refractivity contribution in [1.82, 2.24) is 0 Å². The van der Waals surface area contributed by atoms with Crippen LogP contribution in [0, 0.1) is 17.3 Å². The number of halogens is 2. The van der Waals surface area contributed by atoms with Crippen LogP contribution in [0.15, 0.2) is 0 Å². The van der Waals surface area contributed by atoms with Gasteiger partial charge < -0.3 is 0 Å². The number of carbonyl (C=O) groups excluding carboxylic acids is 3. The van der Waals surface area contributed by atoms with Crippen molar-refractivity contribution in [2.75, 3.05) is 0 Å². The van der Waals surface area contributed by atoms with E-state index in [4.69, 9.17) is 23.2 Å². The zero-order valence-corrected chi connectivity index (χ0v) is 18.4. The molecule has 0 aromatic carbocycles. The van der Waals surface area contributed by atoms with Crippen LogP contribution in [0.3, 0.4) is 0 Å². The first-order valence-electron chi connectivity index (χ1n) is 10.2. The van der Waals surface area contributed by atoms with Gasteiger partial charge in [0.15, 0.2) is 0 Å². The Morgan fingerprint density at radius 2 is 1.42 bits per heavy atom. The molecule has 0 radical (unpaired) electrons. The maximum Gasteiger partial charge on any atom is 0.228 e. The van der Waals surface area contributed by atoms with Gasteiger partial charge in [-0.2, -0.15) is 0 Å². The Bertz CT molecular complexity index is 451. The average Bonchev–Trinajstić information content (AvgIpc) is 2.59. The second-order valence-corrected chi connectivity index (χ2v) is 8.15. The van der Waals surface area contributed by atoms with E-state index in [1.165, 1.54) is 0 Å². The van der Waals surface area contributed by atoms with Gasteiger partial charge in [-0.25, -0.2) is 0 Å². The van der Waals surface area contributed by atoms with E-state index >= 15 is 0 Å². The Kier molecular flexibility index (Phi) is 13.5. The largest absolute Gasteiger partial charge is 0.299 e. The molecule has 0 bridgehead atoms. The number of carbonyl (C=O) groups is 3. The number of ketones is 1. The van der Waals surface area contributed by atoms with Crippen LogP contribution >= 0.6 is 23.2 Å². The summed E-state index contributed by atoms with van der Waals surface area (Å²) in [6.07, 6.45) is 7.81. The van der Waals surface area contributed by atoms with Gasteiger partial charge in [-0.15, -0.1) is 0 Å². The van der Waals surface area contributed by atoms with Gasteiger partial charge in [0.2, 0.25) is 10.5 Å². The molecule has 0 rings (SSSR count). The van der Waals surface area contributed by atoms with E-state index in [1.807, 2.05) is 20.8 Å². The van der Waals surface area contributed by atoms with Crippen LogP contribution in [0.2, 0.25) is 0 Å². The van der Waals surface area contributed by atoms with E-state index in [1.54, 1.807) is 0 Å². The molecule has 0 aromatic heterocycles. The normalized spacial score (nSPS) is 15.9. The maximum absolute atomic E-state index is 13.2. The molecule has 3 unspecified atom stereocenters. The first-order valence-corrected chi connectivity index (χ1v) is 11.0. The fourth-order valence-corrected chi connectivity index (χ4v) is 4.42. The van der Waals surface area contributed by atoms with Crippen LogP contribution in [-0.2, 0) is 14.4 Å². The van der Waals surface area contributed by atoms with E-state index in [0.717, 1.165) is 38.5 Å². The zero-order chi connectivity index (χ0) is 20.2. The van der Waals surface area contributed by atoms with Crippen molar-refractivity contribution in [1.29, 1.82) is 0 Å². The molecular formula is C21H36Cl2O3. The van der Waals surface area contributed by atoms with E-state index in [9.17, 15) is 14.4 Å². The number of rotatable bonds is 16. The average molecular weight is 407 g/mol. The highest BCUT2D eigenvalue weighted by molar-refractivity contribution is 6.65. The molecule has 0 spiro atoms. The first-order chi connectivity index (χ1) is 12.3. The van der Waals surface area contributed by atoms with Crippen molar-refractivity contribution in [3.63, 3.8) is 0 Å². The van der Waals surface area contributed by atoms with E-state index in [0.29, 0.717) is 25.7 Å². The summed E-state index contributed by atoms with van der Waals surface area (Å²) in [4.78, 5) is 37.4. The standard InChI is InChI=1S/C21H36Cl2O3/c1-5-9-12-16(19(22)25)15-18(24)17(11-7-3)21(13-8-4,20(23)26)14-10-6-2/h16-17H,5-15H2,1-4H3. The summed E-state index contributed by atoms with van der Waals surface area (Å²) in [7, 11) is 0. The third-order valence-electron chi connectivity index (χ3n) is 5.37. The Balaban J connectivity index is 5.66. The van der Waals surface area contributed by atoms with Crippen molar-refractivity contribution in [3.8, 4) is 0 Å². The van der Waals surface area contributed by atoms with Gasteiger partial charge in [-0.3, -0.25) is 14.4 Å². The fraction of sp³-hybridized carbons (Fsp3) is 0.857. The van der Waals surface area contributed by atoms with Gasteiger partial charge in [0, 0.05) is 18.3 Å². The Hall–Kier alpha value is -0.410. The van der Waals surface area contributed by atoms with Crippen LogP contribution < -0.4 is 0 Å². The van der Waals surface area contributed by atoms with E-state index in [-0.39, 0.29) is 12.2 Å². The van der Waals surface area contributed by atoms with E-state index < -0.39 is 27.7 Å². The first kappa shape index (κ1) is 25.6. The molecule has 0 aromatic rings. The van der Waals surface area contributed by atoms with Crippen molar-refractivity contribution in [2.24, 2.45) is 17.3 Å². The molecule has 26 heavy (non-hydrogen) atoms. The molecule has 0 saturated carbocycles. The predicted octanol–water partition coefficient (Wildman–Crippen LogP) is 6.68. The molecule has 0 amide bonds. The predicted molar refractivity (Wildman–Crippen MR) is 110 cm³/mol. The molecule has 0 heterocycles. The Morgan fingerprint density at radius 3 is 1.85 bits per heavy atom. The summed E-state index contributed by atoms with van der Waals surface area (Å²) < 4.78 is 0. The minimum Gasteiger partial charge on any atom is -0.299 e. The van der Waals surface area contributed by atoms with Gasteiger partial charge in [0.1, 0.15) is 5.78 Å². The summed E-state index contributed by atoms with van der Waals surface area (Å²) in [5, 5.41) is -0.851. The monoisotopic (exact) mass is 406 g/mol. The summed E-state index contributed by atoms with van der Waals surface area (Å²) in [6, 6.07) is 0. The minimum atomic E-state index is -0.815. The SMILES string of the molecule is CCCCC(CC(=O)C(CCC)C(CCC)(CCCC)C(=O)Cl)C(=O)Cl. The van der Waals surface area contributed by atoms with Crippen molar-refractivity contribution < 1.29 is 14.4 Å². The highest BCUT2D eigenvalue weighted by atomic mass is 35.5. The Labute approximate surface area is 169 Å². The van der Waals surface area contributed by atoms with Crippen molar-refractivity contribution in [2.45, 2.75) is 98.3 Å². The molecule has 0 N–H and O–H groups in total. The van der Waals surface area contributed by atoms with Gasteiger partial charge in [-0.1, -0.05) is 66.2 Å². The van der Waals surface area contributed by atoms with Gasteiger partial charge in [0.05, 0.1) is 5.41 Å². The number of hydrogen-bond acceptors (Lipinski definition) is 3. The Morgan fingerprint density at radius 1 is 0.808 bits per heavy atom. The lowest BCUT2D eigenvalue weighted by atomic mass is 9.65. The number of Topliss-reactive ketones (excluding diaryl/α,β-unsaturated/α-hetero) is 1. The lowest BCUT2D eigenvalue weighted by molar-refractivity contribution is -0.138. The number of hydrogen-bond donors (Lipinski definition) is 0. The molecule has 0 aliphatic heterocycles. The van der Waals surface area contributed by atoms with Crippen molar-refractivity contribution >= 4 is 39.5 Å². The maximum atomic E-state index is 13.2. The van der Waals surface area contributed by atoms with Crippen LogP contribution in [-0.4, -0.2) is 16.3 Å².